The Morgan fingerprint density at radius 2 is 2.12 bits per heavy atom. The van der Waals surface area contributed by atoms with Crippen molar-refractivity contribution in [2.45, 2.75) is 57.7 Å². The molecule has 3 heteroatoms. The van der Waals surface area contributed by atoms with Gasteiger partial charge in [-0.05, 0) is 44.7 Å². The maximum Gasteiger partial charge on any atom is 0.0601 e. The summed E-state index contributed by atoms with van der Waals surface area (Å²) in [6, 6.07) is 1.54. The van der Waals surface area contributed by atoms with E-state index in [2.05, 4.69) is 24.1 Å². The fraction of sp³-hybridized carbons (Fsp3) is 1.00. The normalized spacial score (nSPS) is 39.0. The number of nitrogens with one attached hydrogen (secondary N) is 1. The molecular weight excluding hydrogens is 212 g/mol. The van der Waals surface area contributed by atoms with Crippen molar-refractivity contribution in [3.05, 3.63) is 0 Å². The summed E-state index contributed by atoms with van der Waals surface area (Å²) in [5, 5.41) is 3.69. The van der Waals surface area contributed by atoms with Crippen LogP contribution in [-0.2, 0) is 4.74 Å². The van der Waals surface area contributed by atoms with Gasteiger partial charge in [0.1, 0.15) is 0 Å². The number of hydrogen-bond acceptors (Lipinski definition) is 3. The molecule has 0 bridgehead atoms. The van der Waals surface area contributed by atoms with Crippen LogP contribution in [0.2, 0.25) is 0 Å². The van der Waals surface area contributed by atoms with Gasteiger partial charge in [0.25, 0.3) is 0 Å². The fourth-order valence-corrected chi connectivity index (χ4v) is 3.17. The number of ether oxygens (including phenoxy) is 1. The molecule has 17 heavy (non-hydrogen) atoms. The number of likely N-dealkylation sites (tertiary alicyclic amines) is 1. The van der Waals surface area contributed by atoms with E-state index >= 15 is 0 Å². The molecule has 1 aliphatic carbocycles. The molecule has 2 atom stereocenters. The van der Waals surface area contributed by atoms with Crippen LogP contribution in [-0.4, -0.2) is 49.8 Å². The lowest BCUT2D eigenvalue weighted by atomic mass is 9.84. The largest absolute Gasteiger partial charge is 0.381 e. The molecule has 0 aromatic heterocycles. The summed E-state index contributed by atoms with van der Waals surface area (Å²) in [6.07, 6.45) is 5.58. The van der Waals surface area contributed by atoms with Crippen LogP contribution in [0.3, 0.4) is 0 Å². The van der Waals surface area contributed by atoms with Crippen LogP contribution in [0.25, 0.3) is 0 Å². The van der Waals surface area contributed by atoms with Crippen molar-refractivity contribution in [3.63, 3.8) is 0 Å². The molecule has 0 aromatic carbocycles. The lowest BCUT2D eigenvalue weighted by Crippen LogP contribution is -2.55. The minimum absolute atomic E-state index is 0.534. The van der Waals surface area contributed by atoms with Crippen molar-refractivity contribution in [1.82, 2.24) is 10.2 Å². The quantitative estimate of drug-likeness (QED) is 0.794. The van der Waals surface area contributed by atoms with Gasteiger partial charge >= 0.3 is 0 Å². The number of rotatable bonds is 5. The molecular formula is C14H28N2O. The van der Waals surface area contributed by atoms with Gasteiger partial charge in [-0.1, -0.05) is 13.8 Å². The molecule has 2 fully saturated rings. The number of piperidine rings is 1. The third-order valence-electron chi connectivity index (χ3n) is 4.51. The summed E-state index contributed by atoms with van der Waals surface area (Å²) >= 11 is 0. The third kappa shape index (κ3) is 3.21. The lowest BCUT2D eigenvalue weighted by Gasteiger charge is -2.47. The molecule has 1 aliphatic heterocycles. The highest BCUT2D eigenvalue weighted by Gasteiger charge is 2.37. The molecule has 100 valence electrons. The zero-order valence-corrected chi connectivity index (χ0v) is 11.6. The zero-order valence-electron chi connectivity index (χ0n) is 11.6. The first kappa shape index (κ1) is 13.3. The Morgan fingerprint density at radius 3 is 2.71 bits per heavy atom. The van der Waals surface area contributed by atoms with E-state index in [9.17, 15) is 0 Å². The average molecular weight is 240 g/mol. The van der Waals surface area contributed by atoms with Crippen molar-refractivity contribution in [2.24, 2.45) is 5.92 Å². The van der Waals surface area contributed by atoms with Crippen molar-refractivity contribution >= 4 is 0 Å². The Bertz CT molecular complexity index is 228. The Balaban J connectivity index is 1.72. The van der Waals surface area contributed by atoms with Gasteiger partial charge in [-0.25, -0.2) is 0 Å². The average Bonchev–Trinajstić information content (AvgIpc) is 2.26. The molecule has 1 saturated carbocycles. The van der Waals surface area contributed by atoms with Crippen LogP contribution in [0.5, 0.6) is 0 Å². The van der Waals surface area contributed by atoms with Gasteiger partial charge in [-0.3, -0.25) is 4.90 Å². The Labute approximate surface area is 106 Å². The Hall–Kier alpha value is -0.120. The van der Waals surface area contributed by atoms with E-state index in [0.29, 0.717) is 6.10 Å². The molecule has 0 aromatic rings. The first-order valence-corrected chi connectivity index (χ1v) is 7.24. The summed E-state index contributed by atoms with van der Waals surface area (Å²) in [7, 11) is 1.84. The van der Waals surface area contributed by atoms with E-state index in [1.807, 2.05) is 7.11 Å². The van der Waals surface area contributed by atoms with E-state index in [0.717, 1.165) is 18.0 Å². The van der Waals surface area contributed by atoms with Crippen molar-refractivity contribution in [2.75, 3.05) is 26.7 Å². The number of hydrogen-bond donors (Lipinski definition) is 1. The predicted molar refractivity (Wildman–Crippen MR) is 71.3 cm³/mol. The monoisotopic (exact) mass is 240 g/mol. The molecule has 0 spiro atoms. The molecule has 0 radical (unpaired) electrons. The van der Waals surface area contributed by atoms with Crippen LogP contribution in [0, 0.1) is 5.92 Å². The van der Waals surface area contributed by atoms with Crippen LogP contribution in [0.1, 0.15) is 39.5 Å². The minimum Gasteiger partial charge on any atom is -0.381 e. The fourth-order valence-electron chi connectivity index (χ4n) is 3.17. The highest BCUT2D eigenvalue weighted by molar-refractivity contribution is 4.92. The van der Waals surface area contributed by atoms with E-state index in [1.54, 1.807) is 0 Å². The SMILES string of the molecule is CCCNC1CCN(C2CC(OC)C2)CC1C. The van der Waals surface area contributed by atoms with Crippen LogP contribution in [0.15, 0.2) is 0 Å². The smallest absolute Gasteiger partial charge is 0.0601 e. The summed E-state index contributed by atoms with van der Waals surface area (Å²) in [6.45, 7) is 8.34. The van der Waals surface area contributed by atoms with Crippen molar-refractivity contribution in [1.29, 1.82) is 0 Å². The first-order chi connectivity index (χ1) is 8.24. The Morgan fingerprint density at radius 1 is 1.35 bits per heavy atom. The van der Waals surface area contributed by atoms with Gasteiger partial charge in [-0.2, -0.15) is 0 Å². The summed E-state index contributed by atoms with van der Waals surface area (Å²) < 4.78 is 5.37. The Kier molecular flexibility index (Phi) is 4.83. The van der Waals surface area contributed by atoms with Crippen LogP contribution >= 0.6 is 0 Å². The first-order valence-electron chi connectivity index (χ1n) is 7.24. The molecule has 1 heterocycles. The maximum absolute atomic E-state index is 5.37. The topological polar surface area (TPSA) is 24.5 Å². The second-order valence-corrected chi connectivity index (χ2v) is 5.80. The van der Waals surface area contributed by atoms with E-state index in [4.69, 9.17) is 4.74 Å². The van der Waals surface area contributed by atoms with Crippen LogP contribution < -0.4 is 5.32 Å². The predicted octanol–water partition coefficient (Wildman–Crippen LogP) is 1.87. The maximum atomic E-state index is 5.37. The second kappa shape index (κ2) is 6.17. The molecule has 1 N–H and O–H groups in total. The molecule has 0 amide bonds. The van der Waals surface area contributed by atoms with E-state index < -0.39 is 0 Å². The van der Waals surface area contributed by atoms with Gasteiger partial charge in [0.05, 0.1) is 6.10 Å². The van der Waals surface area contributed by atoms with Crippen molar-refractivity contribution < 1.29 is 4.74 Å². The number of methoxy groups -OCH3 is 1. The highest BCUT2D eigenvalue weighted by Crippen LogP contribution is 2.31. The van der Waals surface area contributed by atoms with Gasteiger partial charge < -0.3 is 10.1 Å². The van der Waals surface area contributed by atoms with Gasteiger partial charge in [0.15, 0.2) is 0 Å². The molecule has 2 aliphatic rings. The highest BCUT2D eigenvalue weighted by atomic mass is 16.5. The minimum atomic E-state index is 0.534. The van der Waals surface area contributed by atoms with Gasteiger partial charge in [-0.15, -0.1) is 0 Å². The summed E-state index contributed by atoms with van der Waals surface area (Å²) in [5.74, 6) is 0.789. The standard InChI is InChI=1S/C14H28N2O/c1-4-6-15-14-5-7-16(10-11(14)2)12-8-13(9-12)17-3/h11-15H,4-10H2,1-3H3. The van der Waals surface area contributed by atoms with Gasteiger partial charge in [0, 0.05) is 25.7 Å². The van der Waals surface area contributed by atoms with Gasteiger partial charge in [0.2, 0.25) is 0 Å². The molecule has 2 unspecified atom stereocenters. The second-order valence-electron chi connectivity index (χ2n) is 5.80. The van der Waals surface area contributed by atoms with E-state index in [1.165, 1.54) is 45.3 Å². The zero-order chi connectivity index (χ0) is 12.3. The molecule has 1 saturated heterocycles. The summed E-state index contributed by atoms with van der Waals surface area (Å²) in [5.41, 5.74) is 0. The van der Waals surface area contributed by atoms with Crippen molar-refractivity contribution in [3.8, 4) is 0 Å². The summed E-state index contributed by atoms with van der Waals surface area (Å²) in [4.78, 5) is 2.68. The van der Waals surface area contributed by atoms with Crippen LogP contribution in [0.4, 0.5) is 0 Å². The molecule has 3 nitrogen and oxygen atoms in total. The van der Waals surface area contributed by atoms with E-state index in [-0.39, 0.29) is 0 Å². The lowest BCUT2D eigenvalue weighted by molar-refractivity contribution is -0.0412. The molecule has 2 rings (SSSR count). The third-order valence-corrected chi connectivity index (χ3v) is 4.51. The number of nitrogens with zero attached hydrogens (tertiary/aromatic N) is 1.